The monoisotopic (exact) mass is 1110 g/mol. The van der Waals surface area contributed by atoms with Crippen LogP contribution in [0.4, 0.5) is 26.3 Å². The number of aryl methyl sites for hydroxylation is 2. The molecule has 6 aromatic heterocycles. The number of hydrogen-bond donors (Lipinski definition) is 2. The van der Waals surface area contributed by atoms with Crippen molar-refractivity contribution in [3.05, 3.63) is 184 Å². The Labute approximate surface area is 432 Å². The summed E-state index contributed by atoms with van der Waals surface area (Å²) in [5.41, 5.74) is 5.52. The van der Waals surface area contributed by atoms with E-state index in [9.17, 15) is 43.2 Å². The minimum absolute atomic E-state index is 0.0393. The van der Waals surface area contributed by atoms with Crippen LogP contribution >= 0.6 is 34.3 Å². The Bertz CT molecular complexity index is 3820. The lowest BCUT2D eigenvalue weighted by Crippen LogP contribution is -2.27. The van der Waals surface area contributed by atoms with Crippen molar-refractivity contribution in [1.82, 2.24) is 17.9 Å². The van der Waals surface area contributed by atoms with E-state index < -0.39 is 51.4 Å². The lowest BCUT2D eigenvalue weighted by molar-refractivity contribution is -0.275. The zero-order valence-corrected chi connectivity index (χ0v) is 42.2. The summed E-state index contributed by atoms with van der Waals surface area (Å²) in [5, 5.41) is 25.3. The zero-order chi connectivity index (χ0) is 53.2. The fourth-order valence-electron chi connectivity index (χ4n) is 7.47. The average molecular weight is 1110 g/mol. The molecule has 0 bridgehead atoms. The van der Waals surface area contributed by atoms with Crippen LogP contribution in [0.5, 0.6) is 11.5 Å². The van der Waals surface area contributed by atoms with Gasteiger partial charge in [0.1, 0.15) is 11.5 Å². The Morgan fingerprint density at radius 2 is 1.03 bits per heavy atom. The molecule has 0 radical (unpaired) electrons. The summed E-state index contributed by atoms with van der Waals surface area (Å²) in [5.74, 6) is -0.842. The third kappa shape index (κ3) is 12.0. The van der Waals surface area contributed by atoms with Crippen LogP contribution in [0.1, 0.15) is 11.1 Å². The van der Waals surface area contributed by atoms with Crippen LogP contribution in [0, 0.1) is 13.8 Å². The molecule has 0 aliphatic rings. The van der Waals surface area contributed by atoms with Crippen LogP contribution in [0.2, 0.25) is 5.02 Å². The molecule has 74 heavy (non-hydrogen) atoms. The van der Waals surface area contributed by atoms with Gasteiger partial charge in [-0.15, -0.1) is 26.3 Å². The van der Waals surface area contributed by atoms with Crippen molar-refractivity contribution in [3.8, 4) is 44.9 Å². The van der Waals surface area contributed by atoms with Gasteiger partial charge in [0.25, 0.3) is 20.0 Å². The van der Waals surface area contributed by atoms with Gasteiger partial charge in [0.15, 0.2) is 11.3 Å². The summed E-state index contributed by atoms with van der Waals surface area (Å²) in [6.07, 6.45) is -4.14. The number of nitrogens with zero attached hydrogens (tertiary/aromatic N) is 4. The van der Waals surface area contributed by atoms with Crippen LogP contribution in [-0.2, 0) is 20.0 Å². The van der Waals surface area contributed by atoms with E-state index >= 15 is 0 Å². The third-order valence-corrected chi connectivity index (χ3v) is 15.9. The van der Waals surface area contributed by atoms with Gasteiger partial charge >= 0.3 is 19.8 Å². The fraction of sp³-hybridized carbons (Fsp3) is 0.0800. The zero-order valence-electron chi connectivity index (χ0n) is 38.2. The maximum absolute atomic E-state index is 13.6. The molecule has 0 fully saturated rings. The second kappa shape index (κ2) is 21.5. The highest BCUT2D eigenvalue weighted by Gasteiger charge is 2.33. The Hall–Kier alpha value is -6.99. The standard InChI is InChI=1S/C25H17F3N2O3S2.C21H14ClF3N2O3S.C4H5BO2S/c1-16-5-7-20(8-6-16)35(31,32)30-14-22(17-3-2-4-19(13-17)33-25(26,27)28)23-21(9-11-29-24(23)30)18-10-12-34-15-18;1-13-5-7-16(8-6-13)31(28,29)27-12-17(19-18(22)9-10-26-20(19)27)14-3-2-4-15(11-14)30-21(23,24)25;6-5(7)4-1-2-8-3-4/h2-15H,1H3;2-12H,1H3;1-3,6-7H. The van der Waals surface area contributed by atoms with Gasteiger partial charge in [-0.25, -0.2) is 34.7 Å². The second-order valence-corrected chi connectivity index (χ2v) is 21.6. The first-order chi connectivity index (χ1) is 35.0. The van der Waals surface area contributed by atoms with Crippen LogP contribution in [0.25, 0.3) is 55.4 Å². The molecule has 0 unspecified atom stereocenters. The highest BCUT2D eigenvalue weighted by molar-refractivity contribution is 7.90. The number of benzene rings is 4. The Morgan fingerprint density at radius 1 is 0.568 bits per heavy atom. The number of aromatic nitrogens is 4. The lowest BCUT2D eigenvalue weighted by Gasteiger charge is -2.10. The number of thiophene rings is 2. The number of halogens is 7. The number of fused-ring (bicyclic) bond motifs is 2. The highest BCUT2D eigenvalue weighted by Crippen LogP contribution is 2.41. The van der Waals surface area contributed by atoms with Crippen LogP contribution in [0.15, 0.2) is 177 Å². The van der Waals surface area contributed by atoms with Gasteiger partial charge in [0.2, 0.25) is 0 Å². The number of alkyl halides is 6. The Kier molecular flexibility index (Phi) is 15.5. The van der Waals surface area contributed by atoms with E-state index in [1.807, 2.05) is 30.7 Å². The van der Waals surface area contributed by atoms with Crippen molar-refractivity contribution in [2.45, 2.75) is 36.4 Å². The first-order valence-electron chi connectivity index (χ1n) is 21.4. The summed E-state index contributed by atoms with van der Waals surface area (Å²) >= 11 is 9.25. The van der Waals surface area contributed by atoms with Crippen molar-refractivity contribution in [1.29, 1.82) is 0 Å². The van der Waals surface area contributed by atoms with Gasteiger partial charge in [-0.1, -0.05) is 77.3 Å². The molecule has 6 heterocycles. The largest absolute Gasteiger partial charge is 0.573 e. The average Bonchev–Trinajstić information content (AvgIpc) is 4.19. The molecule has 10 rings (SSSR count). The van der Waals surface area contributed by atoms with Crippen molar-refractivity contribution < 1.29 is 62.7 Å². The Morgan fingerprint density at radius 3 is 1.46 bits per heavy atom. The van der Waals surface area contributed by atoms with Gasteiger partial charge in [-0.05, 0) is 130 Å². The predicted octanol–water partition coefficient (Wildman–Crippen LogP) is 12.1. The minimum atomic E-state index is -4.86. The van der Waals surface area contributed by atoms with Gasteiger partial charge in [0, 0.05) is 46.7 Å². The van der Waals surface area contributed by atoms with Crippen molar-refractivity contribution in [2.24, 2.45) is 0 Å². The second-order valence-electron chi connectivity index (χ2n) is 16.0. The molecule has 0 aliphatic carbocycles. The highest BCUT2D eigenvalue weighted by atomic mass is 35.5. The Balaban J connectivity index is 0.000000172. The van der Waals surface area contributed by atoms with Crippen LogP contribution in [0.3, 0.4) is 0 Å². The lowest BCUT2D eigenvalue weighted by atomic mass is 9.83. The normalized spacial score (nSPS) is 11.9. The van der Waals surface area contributed by atoms with Crippen molar-refractivity contribution in [3.63, 3.8) is 0 Å². The molecule has 10 aromatic rings. The third-order valence-electron chi connectivity index (χ3n) is 10.8. The molecule has 380 valence electrons. The van der Waals surface area contributed by atoms with Crippen LogP contribution in [-0.4, -0.2) is 64.6 Å². The number of ether oxygens (including phenoxy) is 2. The molecule has 0 saturated heterocycles. The molecule has 0 amide bonds. The molecule has 2 N–H and O–H groups in total. The summed E-state index contributed by atoms with van der Waals surface area (Å²) in [4.78, 5) is 8.64. The van der Waals surface area contributed by atoms with E-state index in [0.717, 1.165) is 36.8 Å². The summed E-state index contributed by atoms with van der Waals surface area (Å²) in [6, 6.07) is 30.2. The van der Waals surface area contributed by atoms with E-state index in [2.05, 4.69) is 19.4 Å². The molecular formula is C50H36BClF6N4O8S4. The van der Waals surface area contributed by atoms with Crippen LogP contribution < -0.4 is 14.9 Å². The predicted molar refractivity (Wildman–Crippen MR) is 274 cm³/mol. The number of hydrogen-bond acceptors (Lipinski definition) is 12. The molecule has 12 nitrogen and oxygen atoms in total. The van der Waals surface area contributed by atoms with E-state index in [1.54, 1.807) is 53.2 Å². The quantitative estimate of drug-likeness (QED) is 0.0995. The molecule has 4 aromatic carbocycles. The maximum atomic E-state index is 13.6. The molecular weight excluding hydrogens is 1070 g/mol. The first kappa shape index (κ1) is 53.3. The number of pyridine rings is 2. The van der Waals surface area contributed by atoms with Gasteiger partial charge in [-0.2, -0.15) is 22.7 Å². The minimum Gasteiger partial charge on any atom is -0.423 e. The maximum Gasteiger partial charge on any atom is 0.573 e. The fourth-order valence-corrected chi connectivity index (χ4v) is 11.7. The molecule has 0 atom stereocenters. The molecule has 0 aliphatic heterocycles. The summed E-state index contributed by atoms with van der Waals surface area (Å²) < 4.78 is 140. The molecule has 24 heteroatoms. The van der Waals surface area contributed by atoms with Gasteiger partial charge in [-0.3, -0.25) is 0 Å². The SMILES string of the molecule is Cc1ccc(S(=O)(=O)n2cc(-c3cccc(OC(F)(F)F)c3)c3c(-c4ccsc4)ccnc32)cc1.Cc1ccc(S(=O)(=O)n2cc(-c3cccc(OC(F)(F)F)c3)c3c(Cl)ccnc32)cc1.OB(O)c1ccsc1. The van der Waals surface area contributed by atoms with E-state index in [1.165, 1.54) is 108 Å². The van der Waals surface area contributed by atoms with Gasteiger partial charge in [0.05, 0.1) is 14.8 Å². The first-order valence-corrected chi connectivity index (χ1v) is 26.6. The smallest absolute Gasteiger partial charge is 0.423 e. The van der Waals surface area contributed by atoms with E-state index in [0.29, 0.717) is 44.1 Å². The molecule has 0 saturated carbocycles. The van der Waals surface area contributed by atoms with Crippen molar-refractivity contribution >= 4 is 89.0 Å². The topological polar surface area (TPSA) is 163 Å². The van der Waals surface area contributed by atoms with E-state index in [4.69, 9.17) is 21.6 Å². The van der Waals surface area contributed by atoms with E-state index in [-0.39, 0.29) is 26.1 Å². The molecule has 0 spiro atoms. The summed E-state index contributed by atoms with van der Waals surface area (Å²) in [6.45, 7) is 3.68. The van der Waals surface area contributed by atoms with Crippen molar-refractivity contribution in [2.75, 3.05) is 0 Å². The number of rotatable bonds is 10. The summed E-state index contributed by atoms with van der Waals surface area (Å²) in [7, 11) is -9.39. The van der Waals surface area contributed by atoms with Gasteiger partial charge < -0.3 is 19.5 Å².